The van der Waals surface area contributed by atoms with E-state index in [1.54, 1.807) is 0 Å². The molecule has 1 saturated carbocycles. The maximum absolute atomic E-state index is 12.5. The summed E-state index contributed by atoms with van der Waals surface area (Å²) in [6, 6.07) is 10.4. The van der Waals surface area contributed by atoms with Crippen LogP contribution in [-0.2, 0) is 17.9 Å². The molecular formula is C20H26N4O. The zero-order valence-corrected chi connectivity index (χ0v) is 14.9. The Morgan fingerprint density at radius 2 is 1.96 bits per heavy atom. The molecule has 1 saturated heterocycles. The maximum Gasteiger partial charge on any atom is 0.223 e. The highest BCUT2D eigenvalue weighted by molar-refractivity contribution is 5.79. The van der Waals surface area contributed by atoms with Crippen LogP contribution in [0.15, 0.2) is 30.3 Å². The second-order valence-electron chi connectivity index (χ2n) is 7.32. The van der Waals surface area contributed by atoms with E-state index in [1.165, 1.54) is 18.4 Å². The third-order valence-corrected chi connectivity index (χ3v) is 5.25. The van der Waals surface area contributed by atoms with Crippen molar-refractivity contribution in [3.63, 3.8) is 0 Å². The summed E-state index contributed by atoms with van der Waals surface area (Å²) in [7, 11) is 0. The molecule has 5 nitrogen and oxygen atoms in total. The number of likely N-dealkylation sites (tertiary alicyclic amines) is 1. The molecule has 0 N–H and O–H groups in total. The number of rotatable bonds is 7. The van der Waals surface area contributed by atoms with Gasteiger partial charge in [-0.25, -0.2) is 9.67 Å². The number of nitrogens with zero attached hydrogens (tertiary/aromatic N) is 4. The normalized spacial score (nSPS) is 20.4. The number of hydrogen-bond acceptors (Lipinski definition) is 3. The van der Waals surface area contributed by atoms with Crippen molar-refractivity contribution in [1.82, 2.24) is 19.7 Å². The minimum absolute atomic E-state index is 0.229. The lowest BCUT2D eigenvalue weighted by molar-refractivity contribution is -0.128. The minimum atomic E-state index is 0.229. The molecule has 1 aliphatic heterocycles. The number of amides is 1. The first-order valence-corrected chi connectivity index (χ1v) is 9.51. The number of aryl methyl sites for hydroxylation is 1. The third-order valence-electron chi connectivity index (χ3n) is 5.25. The number of unbranched alkanes of at least 4 members (excludes halogenated alkanes) is 1. The van der Waals surface area contributed by atoms with Crippen molar-refractivity contribution in [3.8, 4) is 0 Å². The molecule has 0 spiro atoms. The number of aromatic nitrogens is 3. The minimum Gasteiger partial charge on any atom is -0.335 e. The fourth-order valence-corrected chi connectivity index (χ4v) is 3.56. The summed E-state index contributed by atoms with van der Waals surface area (Å²) in [6.07, 6.45) is 5.24. The smallest absolute Gasteiger partial charge is 0.223 e. The predicted molar refractivity (Wildman–Crippen MR) is 96.1 cm³/mol. The van der Waals surface area contributed by atoms with E-state index in [-0.39, 0.29) is 5.91 Å². The molecule has 4 rings (SSSR count). The van der Waals surface area contributed by atoms with Gasteiger partial charge in [-0.1, -0.05) is 43.7 Å². The first-order chi connectivity index (χ1) is 12.2. The molecule has 2 aliphatic rings. The van der Waals surface area contributed by atoms with Gasteiger partial charge >= 0.3 is 0 Å². The lowest BCUT2D eigenvalue weighted by Crippen LogP contribution is -2.26. The van der Waals surface area contributed by atoms with E-state index in [4.69, 9.17) is 10.1 Å². The van der Waals surface area contributed by atoms with Crippen molar-refractivity contribution in [2.75, 3.05) is 6.54 Å². The summed E-state index contributed by atoms with van der Waals surface area (Å²) in [5.41, 5.74) is 1.25. The van der Waals surface area contributed by atoms with Crippen LogP contribution in [0.3, 0.4) is 0 Å². The molecule has 1 amide bonds. The Labute approximate surface area is 149 Å². The first kappa shape index (κ1) is 16.3. The third kappa shape index (κ3) is 3.60. The number of carbonyl (C=O) groups is 1. The molecule has 1 aliphatic carbocycles. The van der Waals surface area contributed by atoms with Gasteiger partial charge in [0.2, 0.25) is 5.91 Å². The number of carbonyl (C=O) groups excluding carboxylic acids is 1. The van der Waals surface area contributed by atoms with Crippen LogP contribution < -0.4 is 0 Å². The zero-order chi connectivity index (χ0) is 17.2. The molecule has 1 aromatic carbocycles. The van der Waals surface area contributed by atoms with E-state index in [2.05, 4.69) is 19.1 Å². The van der Waals surface area contributed by atoms with Crippen LogP contribution in [0.1, 0.15) is 68.1 Å². The fraction of sp³-hybridized carbons (Fsp3) is 0.550. The van der Waals surface area contributed by atoms with Gasteiger partial charge in [-0.15, -0.1) is 0 Å². The maximum atomic E-state index is 12.5. The summed E-state index contributed by atoms with van der Waals surface area (Å²) >= 11 is 0. The van der Waals surface area contributed by atoms with Gasteiger partial charge < -0.3 is 4.90 Å². The first-order valence-electron chi connectivity index (χ1n) is 9.51. The topological polar surface area (TPSA) is 51.0 Å². The van der Waals surface area contributed by atoms with E-state index in [0.717, 1.165) is 37.6 Å². The molecule has 5 heteroatoms. The van der Waals surface area contributed by atoms with E-state index in [9.17, 15) is 4.79 Å². The van der Waals surface area contributed by atoms with Gasteiger partial charge in [0.05, 0.1) is 6.54 Å². The highest BCUT2D eigenvalue weighted by Gasteiger charge is 2.33. The van der Waals surface area contributed by atoms with Crippen molar-refractivity contribution in [1.29, 1.82) is 0 Å². The number of hydrogen-bond donors (Lipinski definition) is 0. The average molecular weight is 338 g/mol. The lowest BCUT2D eigenvalue weighted by Gasteiger charge is -2.16. The summed E-state index contributed by atoms with van der Waals surface area (Å²) in [5.74, 6) is 3.01. The van der Waals surface area contributed by atoms with Crippen LogP contribution in [0.25, 0.3) is 0 Å². The van der Waals surface area contributed by atoms with Gasteiger partial charge in [-0.05, 0) is 24.8 Å². The number of benzene rings is 1. The standard InChI is InChI=1S/C20H26N4O/c1-2-3-11-24-18(21-20(22-24)16-9-10-16)14-23-13-17(12-19(23)25)15-7-5-4-6-8-15/h4-8,16-17H,2-3,9-14H2,1H3/t17-/m1/s1. The Morgan fingerprint density at radius 3 is 2.68 bits per heavy atom. The summed E-state index contributed by atoms with van der Waals surface area (Å²) in [6.45, 7) is 4.45. The van der Waals surface area contributed by atoms with E-state index in [0.29, 0.717) is 24.8 Å². The molecule has 2 fully saturated rings. The molecule has 0 unspecified atom stereocenters. The Kier molecular flexibility index (Phi) is 4.55. The van der Waals surface area contributed by atoms with Gasteiger partial charge in [0.1, 0.15) is 5.82 Å². The molecule has 2 heterocycles. The molecular weight excluding hydrogens is 312 g/mol. The van der Waals surface area contributed by atoms with Crippen molar-refractivity contribution in [2.45, 2.75) is 64.0 Å². The second kappa shape index (κ2) is 6.98. The van der Waals surface area contributed by atoms with Crippen molar-refractivity contribution in [3.05, 3.63) is 47.5 Å². The quantitative estimate of drug-likeness (QED) is 0.777. The Hall–Kier alpha value is -2.17. The SMILES string of the molecule is CCCCn1nc(C2CC2)nc1CN1C[C@H](c2ccccc2)CC1=O. The molecule has 1 atom stereocenters. The highest BCUT2D eigenvalue weighted by Crippen LogP contribution is 2.38. The van der Waals surface area contributed by atoms with E-state index >= 15 is 0 Å². The fourth-order valence-electron chi connectivity index (χ4n) is 3.56. The molecule has 0 radical (unpaired) electrons. The summed E-state index contributed by atoms with van der Waals surface area (Å²) in [4.78, 5) is 19.2. The van der Waals surface area contributed by atoms with Crippen LogP contribution >= 0.6 is 0 Å². The zero-order valence-electron chi connectivity index (χ0n) is 14.9. The summed E-state index contributed by atoms with van der Waals surface area (Å²) in [5, 5.41) is 4.72. The molecule has 132 valence electrons. The largest absolute Gasteiger partial charge is 0.335 e. The van der Waals surface area contributed by atoms with Crippen LogP contribution in [0.2, 0.25) is 0 Å². The van der Waals surface area contributed by atoms with Crippen LogP contribution in [-0.4, -0.2) is 32.1 Å². The summed E-state index contributed by atoms with van der Waals surface area (Å²) < 4.78 is 2.04. The van der Waals surface area contributed by atoms with Crippen LogP contribution in [0.5, 0.6) is 0 Å². The van der Waals surface area contributed by atoms with Crippen LogP contribution in [0.4, 0.5) is 0 Å². The van der Waals surface area contributed by atoms with E-state index < -0.39 is 0 Å². The van der Waals surface area contributed by atoms with E-state index in [1.807, 2.05) is 27.8 Å². The molecule has 2 aromatic rings. The van der Waals surface area contributed by atoms with Gasteiger partial charge in [-0.3, -0.25) is 4.79 Å². The van der Waals surface area contributed by atoms with Crippen LogP contribution in [0, 0.1) is 0 Å². The van der Waals surface area contributed by atoms with Gasteiger partial charge in [0.25, 0.3) is 0 Å². The van der Waals surface area contributed by atoms with Crippen molar-refractivity contribution >= 4 is 5.91 Å². The van der Waals surface area contributed by atoms with Crippen molar-refractivity contribution < 1.29 is 4.79 Å². The Bertz CT molecular complexity index is 735. The monoisotopic (exact) mass is 338 g/mol. The lowest BCUT2D eigenvalue weighted by atomic mass is 9.99. The molecule has 25 heavy (non-hydrogen) atoms. The highest BCUT2D eigenvalue weighted by atomic mass is 16.2. The van der Waals surface area contributed by atoms with Gasteiger partial charge in [0.15, 0.2) is 5.82 Å². The second-order valence-corrected chi connectivity index (χ2v) is 7.32. The Morgan fingerprint density at radius 1 is 1.16 bits per heavy atom. The Balaban J connectivity index is 1.48. The van der Waals surface area contributed by atoms with Gasteiger partial charge in [-0.2, -0.15) is 5.10 Å². The molecule has 0 bridgehead atoms. The average Bonchev–Trinajstić information content (AvgIpc) is 3.32. The predicted octanol–water partition coefficient (Wildman–Crippen LogP) is 3.47. The molecule has 1 aromatic heterocycles. The van der Waals surface area contributed by atoms with Gasteiger partial charge in [0, 0.05) is 31.3 Å². The van der Waals surface area contributed by atoms with Crippen molar-refractivity contribution in [2.24, 2.45) is 0 Å².